The van der Waals surface area contributed by atoms with Crippen LogP contribution in [0.1, 0.15) is 40.0 Å². The highest BCUT2D eigenvalue weighted by Crippen LogP contribution is 2.31. The maximum Gasteiger partial charge on any atom is 0.345 e. The van der Waals surface area contributed by atoms with Crippen molar-refractivity contribution in [2.24, 2.45) is 5.41 Å². The number of nitrogens with zero attached hydrogens (tertiary/aromatic N) is 1. The molecule has 1 N–H and O–H groups in total. The van der Waals surface area contributed by atoms with Gasteiger partial charge in [0.05, 0.1) is 0 Å². The first kappa shape index (κ1) is 17.2. The molecule has 21 heavy (non-hydrogen) atoms. The van der Waals surface area contributed by atoms with Gasteiger partial charge >= 0.3 is 5.97 Å². The Labute approximate surface area is 124 Å². The molecule has 0 aromatic rings. The smallest absolute Gasteiger partial charge is 0.345 e. The van der Waals surface area contributed by atoms with Gasteiger partial charge in [0.15, 0.2) is 5.78 Å². The van der Waals surface area contributed by atoms with Gasteiger partial charge in [-0.2, -0.15) is 0 Å². The van der Waals surface area contributed by atoms with Gasteiger partial charge in [0, 0.05) is 33.4 Å². The second kappa shape index (κ2) is 6.28. The Morgan fingerprint density at radius 3 is 2.38 bits per heavy atom. The summed E-state index contributed by atoms with van der Waals surface area (Å²) >= 11 is 0. The number of allylic oxidation sites excluding steroid dienone is 1. The van der Waals surface area contributed by atoms with Gasteiger partial charge in [0.2, 0.25) is 5.91 Å². The van der Waals surface area contributed by atoms with E-state index in [0.717, 1.165) is 0 Å². The third-order valence-electron chi connectivity index (χ3n) is 3.33. The number of esters is 1. The van der Waals surface area contributed by atoms with E-state index in [9.17, 15) is 19.5 Å². The Morgan fingerprint density at radius 2 is 1.90 bits per heavy atom. The maximum absolute atomic E-state index is 11.9. The van der Waals surface area contributed by atoms with Crippen molar-refractivity contribution < 1.29 is 24.2 Å². The Hall–Kier alpha value is -1.85. The van der Waals surface area contributed by atoms with Crippen LogP contribution in [-0.2, 0) is 19.1 Å². The molecule has 0 aromatic carbocycles. The lowest BCUT2D eigenvalue weighted by atomic mass is 9.83. The number of carbonyl (C=O) groups excluding carboxylic acids is 3. The van der Waals surface area contributed by atoms with Crippen molar-refractivity contribution in [1.29, 1.82) is 0 Å². The standard InChI is InChI=1S/C15H23NO5/c1-9-6-10(17)13(14(20)21-9)11(18)7-15(2,3)8-12(19)16(4)5/h9,18H,6-8H2,1-5H3/b13-11+/t9-/m1/s1. The molecule has 118 valence electrons. The first-order valence-electron chi connectivity index (χ1n) is 6.90. The molecule has 1 amide bonds. The average molecular weight is 297 g/mol. The number of ketones is 1. The number of aliphatic hydroxyl groups is 1. The van der Waals surface area contributed by atoms with E-state index in [4.69, 9.17) is 4.74 Å². The van der Waals surface area contributed by atoms with Gasteiger partial charge < -0.3 is 14.7 Å². The monoisotopic (exact) mass is 297 g/mol. The molecule has 0 bridgehead atoms. The van der Waals surface area contributed by atoms with Crippen molar-refractivity contribution in [2.45, 2.75) is 46.1 Å². The number of cyclic esters (lactones) is 1. The molecule has 1 heterocycles. The predicted molar refractivity (Wildman–Crippen MR) is 76.5 cm³/mol. The number of hydrogen-bond acceptors (Lipinski definition) is 5. The molecule has 1 aliphatic rings. The Morgan fingerprint density at radius 1 is 1.33 bits per heavy atom. The van der Waals surface area contributed by atoms with Crippen LogP contribution in [0.25, 0.3) is 0 Å². The van der Waals surface area contributed by atoms with Gasteiger partial charge in [-0.1, -0.05) is 13.8 Å². The van der Waals surface area contributed by atoms with Crippen LogP contribution in [0.4, 0.5) is 0 Å². The van der Waals surface area contributed by atoms with Crippen LogP contribution in [-0.4, -0.2) is 47.9 Å². The van der Waals surface area contributed by atoms with Crippen LogP contribution in [0.15, 0.2) is 11.3 Å². The van der Waals surface area contributed by atoms with Crippen LogP contribution in [0, 0.1) is 5.41 Å². The van der Waals surface area contributed by atoms with E-state index in [1.165, 1.54) is 4.90 Å². The third kappa shape index (κ3) is 4.58. The molecule has 1 atom stereocenters. The summed E-state index contributed by atoms with van der Waals surface area (Å²) in [4.78, 5) is 36.8. The van der Waals surface area contributed by atoms with Crippen LogP contribution >= 0.6 is 0 Å². The summed E-state index contributed by atoms with van der Waals surface area (Å²) < 4.78 is 4.97. The number of hydrogen-bond donors (Lipinski definition) is 1. The molecular weight excluding hydrogens is 274 g/mol. The number of carbonyl (C=O) groups is 3. The largest absolute Gasteiger partial charge is 0.511 e. The molecule has 0 spiro atoms. The van der Waals surface area contributed by atoms with E-state index < -0.39 is 23.3 Å². The van der Waals surface area contributed by atoms with E-state index in [0.29, 0.717) is 0 Å². The molecule has 6 nitrogen and oxygen atoms in total. The maximum atomic E-state index is 11.9. The van der Waals surface area contributed by atoms with Gasteiger partial charge in [0.25, 0.3) is 0 Å². The lowest BCUT2D eigenvalue weighted by Gasteiger charge is -2.27. The highest BCUT2D eigenvalue weighted by Gasteiger charge is 2.35. The number of rotatable bonds is 4. The fourth-order valence-corrected chi connectivity index (χ4v) is 2.21. The zero-order valence-corrected chi connectivity index (χ0v) is 13.2. The first-order valence-corrected chi connectivity index (χ1v) is 6.90. The molecule has 1 fully saturated rings. The Kier molecular flexibility index (Phi) is 5.15. The van der Waals surface area contributed by atoms with Gasteiger partial charge in [0.1, 0.15) is 17.4 Å². The molecule has 0 aliphatic carbocycles. The number of aliphatic hydroxyl groups excluding tert-OH is 1. The van der Waals surface area contributed by atoms with E-state index in [1.54, 1.807) is 34.9 Å². The van der Waals surface area contributed by atoms with E-state index in [2.05, 4.69) is 0 Å². The van der Waals surface area contributed by atoms with E-state index >= 15 is 0 Å². The van der Waals surface area contributed by atoms with Crippen molar-refractivity contribution in [3.05, 3.63) is 11.3 Å². The normalized spacial score (nSPS) is 21.9. The fraction of sp³-hybridized carbons (Fsp3) is 0.667. The van der Waals surface area contributed by atoms with Gasteiger partial charge in [-0.25, -0.2) is 4.79 Å². The summed E-state index contributed by atoms with van der Waals surface area (Å²) in [6.07, 6.45) is -0.124. The SMILES string of the molecule is C[C@@H]1CC(=O)/C(=C(\O)CC(C)(C)CC(=O)N(C)C)C(=O)O1. The van der Waals surface area contributed by atoms with E-state index in [1.807, 2.05) is 0 Å². The number of ether oxygens (including phenoxy) is 1. The third-order valence-corrected chi connectivity index (χ3v) is 3.33. The minimum absolute atomic E-state index is 0.0666. The zero-order valence-electron chi connectivity index (χ0n) is 13.2. The highest BCUT2D eigenvalue weighted by molar-refractivity contribution is 6.19. The second-order valence-corrected chi connectivity index (χ2v) is 6.47. The fourth-order valence-electron chi connectivity index (χ4n) is 2.21. The van der Waals surface area contributed by atoms with Crippen LogP contribution in [0.3, 0.4) is 0 Å². The van der Waals surface area contributed by atoms with Crippen molar-refractivity contribution in [3.63, 3.8) is 0 Å². The van der Waals surface area contributed by atoms with E-state index in [-0.39, 0.29) is 36.5 Å². The summed E-state index contributed by atoms with van der Waals surface area (Å²) in [5, 5.41) is 10.1. The summed E-state index contributed by atoms with van der Waals surface area (Å²) in [6.45, 7) is 5.22. The van der Waals surface area contributed by atoms with Crippen LogP contribution in [0.2, 0.25) is 0 Å². The lowest BCUT2D eigenvalue weighted by Crippen LogP contribution is -2.33. The minimum atomic E-state index is -0.786. The molecule has 6 heteroatoms. The second-order valence-electron chi connectivity index (χ2n) is 6.47. The Balaban J connectivity index is 2.89. The van der Waals surface area contributed by atoms with Crippen molar-refractivity contribution in [1.82, 2.24) is 4.90 Å². The molecule has 0 radical (unpaired) electrons. The Bertz CT molecular complexity index is 470. The average Bonchev–Trinajstić information content (AvgIpc) is 2.25. The summed E-state index contributed by atoms with van der Waals surface area (Å²) in [6, 6.07) is 0. The van der Waals surface area contributed by atoms with Crippen molar-refractivity contribution >= 4 is 17.7 Å². The number of Topliss-reactive ketones (excluding diaryl/α,β-unsaturated/α-hetero) is 1. The summed E-state index contributed by atoms with van der Waals surface area (Å²) in [7, 11) is 3.31. The molecule has 0 aromatic heterocycles. The summed E-state index contributed by atoms with van der Waals surface area (Å²) in [5.74, 6) is -1.57. The van der Waals surface area contributed by atoms with Crippen LogP contribution < -0.4 is 0 Å². The van der Waals surface area contributed by atoms with Gasteiger partial charge in [-0.05, 0) is 12.3 Å². The molecular formula is C15H23NO5. The van der Waals surface area contributed by atoms with Gasteiger partial charge in [-0.3, -0.25) is 9.59 Å². The lowest BCUT2D eigenvalue weighted by molar-refractivity contribution is -0.150. The zero-order chi connectivity index (χ0) is 16.4. The molecule has 1 saturated heterocycles. The van der Waals surface area contributed by atoms with Crippen molar-refractivity contribution in [3.8, 4) is 0 Å². The molecule has 0 saturated carbocycles. The quantitative estimate of drug-likeness (QED) is 0.369. The number of amides is 1. The predicted octanol–water partition coefficient (Wildman–Crippen LogP) is 1.60. The molecule has 0 unspecified atom stereocenters. The minimum Gasteiger partial charge on any atom is -0.511 e. The molecule has 1 rings (SSSR count). The van der Waals surface area contributed by atoms with Crippen molar-refractivity contribution in [2.75, 3.05) is 14.1 Å². The molecule has 1 aliphatic heterocycles. The van der Waals surface area contributed by atoms with Crippen LogP contribution in [0.5, 0.6) is 0 Å². The van der Waals surface area contributed by atoms with Gasteiger partial charge in [-0.15, -0.1) is 0 Å². The topological polar surface area (TPSA) is 83.9 Å². The summed E-state index contributed by atoms with van der Waals surface area (Å²) in [5.41, 5.74) is -0.847. The first-order chi connectivity index (χ1) is 9.53. The highest BCUT2D eigenvalue weighted by atomic mass is 16.5.